The van der Waals surface area contributed by atoms with E-state index in [1.54, 1.807) is 54.1 Å². The van der Waals surface area contributed by atoms with Crippen molar-refractivity contribution in [1.29, 1.82) is 0 Å². The molecule has 8 nitrogen and oxygen atoms in total. The summed E-state index contributed by atoms with van der Waals surface area (Å²) in [6, 6.07) is 15.8. The zero-order valence-corrected chi connectivity index (χ0v) is 13.5. The second kappa shape index (κ2) is 7.35. The lowest BCUT2D eigenvalue weighted by atomic mass is 10.2. The van der Waals surface area contributed by atoms with Crippen LogP contribution in [0.25, 0.3) is 5.69 Å². The van der Waals surface area contributed by atoms with Gasteiger partial charge in [-0.3, -0.25) is 9.59 Å². The van der Waals surface area contributed by atoms with E-state index in [1.807, 2.05) is 12.1 Å². The Balaban J connectivity index is 1.60. The van der Waals surface area contributed by atoms with Crippen LogP contribution in [0.3, 0.4) is 0 Å². The number of rotatable bonds is 5. The summed E-state index contributed by atoms with van der Waals surface area (Å²) >= 11 is 0. The first-order chi connectivity index (χ1) is 12.1. The standard InChI is InChI=1S/C17H16N6O2/c1-12-20-21-22-23(12)15-9-5-8-14(10-15)19-16(24)11-18-17(25)13-6-3-2-4-7-13/h2-10H,11H2,1H3,(H,18,25)(H,19,24). The Morgan fingerprint density at radius 3 is 2.60 bits per heavy atom. The van der Waals surface area contributed by atoms with Crippen molar-refractivity contribution in [2.45, 2.75) is 6.92 Å². The second-order valence-electron chi connectivity index (χ2n) is 5.29. The van der Waals surface area contributed by atoms with Gasteiger partial charge in [0, 0.05) is 11.3 Å². The predicted octanol–water partition coefficient (Wildman–Crippen LogP) is 1.34. The molecule has 0 radical (unpaired) electrons. The lowest BCUT2D eigenvalue weighted by molar-refractivity contribution is -0.115. The molecule has 2 aromatic carbocycles. The van der Waals surface area contributed by atoms with Gasteiger partial charge in [0.25, 0.3) is 5.91 Å². The third kappa shape index (κ3) is 4.05. The molecule has 0 spiro atoms. The monoisotopic (exact) mass is 336 g/mol. The fraction of sp³-hybridized carbons (Fsp3) is 0.118. The van der Waals surface area contributed by atoms with Crippen molar-refractivity contribution in [3.63, 3.8) is 0 Å². The number of hydrogen-bond acceptors (Lipinski definition) is 5. The summed E-state index contributed by atoms with van der Waals surface area (Å²) in [5.41, 5.74) is 1.83. The van der Waals surface area contributed by atoms with Crippen LogP contribution in [0.5, 0.6) is 0 Å². The molecule has 0 aliphatic rings. The molecule has 0 fully saturated rings. The zero-order chi connectivity index (χ0) is 17.6. The number of carbonyl (C=O) groups excluding carboxylic acids is 2. The van der Waals surface area contributed by atoms with Crippen LogP contribution < -0.4 is 10.6 Å². The van der Waals surface area contributed by atoms with Gasteiger partial charge >= 0.3 is 0 Å². The predicted molar refractivity (Wildman–Crippen MR) is 91.3 cm³/mol. The van der Waals surface area contributed by atoms with Crippen LogP contribution in [0, 0.1) is 6.92 Å². The van der Waals surface area contributed by atoms with Crippen molar-refractivity contribution in [3.05, 3.63) is 66.0 Å². The van der Waals surface area contributed by atoms with Gasteiger partial charge in [-0.1, -0.05) is 24.3 Å². The van der Waals surface area contributed by atoms with Crippen molar-refractivity contribution in [2.75, 3.05) is 11.9 Å². The maximum absolute atomic E-state index is 12.0. The van der Waals surface area contributed by atoms with E-state index < -0.39 is 0 Å². The van der Waals surface area contributed by atoms with Gasteiger partial charge in [0.15, 0.2) is 5.82 Å². The van der Waals surface area contributed by atoms with Gasteiger partial charge in [0.2, 0.25) is 5.91 Å². The number of amides is 2. The average Bonchev–Trinajstić information content (AvgIpc) is 3.06. The first kappa shape index (κ1) is 16.3. The van der Waals surface area contributed by atoms with Crippen LogP contribution in [0.15, 0.2) is 54.6 Å². The Morgan fingerprint density at radius 1 is 1.08 bits per heavy atom. The molecule has 0 bridgehead atoms. The molecule has 0 atom stereocenters. The van der Waals surface area contributed by atoms with Crippen LogP contribution in [0.2, 0.25) is 0 Å². The van der Waals surface area contributed by atoms with Crippen molar-refractivity contribution in [3.8, 4) is 5.69 Å². The first-order valence-electron chi connectivity index (χ1n) is 7.62. The van der Waals surface area contributed by atoms with Crippen LogP contribution >= 0.6 is 0 Å². The molecule has 2 N–H and O–H groups in total. The maximum Gasteiger partial charge on any atom is 0.251 e. The molecular formula is C17H16N6O2. The van der Waals surface area contributed by atoms with Gasteiger partial charge < -0.3 is 10.6 Å². The molecule has 25 heavy (non-hydrogen) atoms. The number of nitrogens with one attached hydrogen (secondary N) is 2. The van der Waals surface area contributed by atoms with E-state index in [4.69, 9.17) is 0 Å². The Kier molecular flexibility index (Phi) is 4.79. The molecule has 0 saturated carbocycles. The summed E-state index contributed by atoms with van der Waals surface area (Å²) in [5, 5.41) is 16.6. The Hall–Kier alpha value is -3.55. The number of carbonyl (C=O) groups is 2. The molecular weight excluding hydrogens is 320 g/mol. The number of aryl methyl sites for hydroxylation is 1. The van der Waals surface area contributed by atoms with Crippen molar-refractivity contribution < 1.29 is 9.59 Å². The number of aromatic nitrogens is 4. The van der Waals surface area contributed by atoms with Crippen molar-refractivity contribution >= 4 is 17.5 Å². The Morgan fingerprint density at radius 2 is 1.88 bits per heavy atom. The van der Waals surface area contributed by atoms with Gasteiger partial charge in [-0.05, 0) is 47.7 Å². The minimum absolute atomic E-state index is 0.123. The molecule has 1 aromatic heterocycles. The molecule has 0 aliphatic heterocycles. The summed E-state index contributed by atoms with van der Waals surface area (Å²) in [4.78, 5) is 24.0. The highest BCUT2D eigenvalue weighted by Gasteiger charge is 2.09. The van der Waals surface area contributed by atoms with E-state index in [9.17, 15) is 9.59 Å². The van der Waals surface area contributed by atoms with Crippen LogP contribution in [0.4, 0.5) is 5.69 Å². The van der Waals surface area contributed by atoms with Crippen molar-refractivity contribution in [1.82, 2.24) is 25.5 Å². The lowest BCUT2D eigenvalue weighted by Crippen LogP contribution is -2.32. The highest BCUT2D eigenvalue weighted by atomic mass is 16.2. The number of tetrazole rings is 1. The third-order valence-corrected chi connectivity index (χ3v) is 3.45. The molecule has 1 heterocycles. The second-order valence-corrected chi connectivity index (χ2v) is 5.29. The van der Waals surface area contributed by atoms with Crippen LogP contribution in [0.1, 0.15) is 16.2 Å². The number of anilines is 1. The minimum atomic E-state index is -0.324. The molecule has 0 unspecified atom stereocenters. The SMILES string of the molecule is Cc1nnnn1-c1cccc(NC(=O)CNC(=O)c2ccccc2)c1. The van der Waals surface area contributed by atoms with E-state index in [0.717, 1.165) is 5.69 Å². The van der Waals surface area contributed by atoms with Gasteiger partial charge in [0.05, 0.1) is 12.2 Å². The zero-order valence-electron chi connectivity index (χ0n) is 13.5. The van der Waals surface area contributed by atoms with Crippen LogP contribution in [-0.4, -0.2) is 38.6 Å². The topological polar surface area (TPSA) is 102 Å². The molecule has 0 aliphatic carbocycles. The van der Waals surface area contributed by atoms with Gasteiger partial charge in [-0.25, -0.2) is 0 Å². The summed E-state index contributed by atoms with van der Waals surface area (Å²) < 4.78 is 1.56. The summed E-state index contributed by atoms with van der Waals surface area (Å²) in [7, 11) is 0. The number of hydrogen-bond donors (Lipinski definition) is 2. The first-order valence-corrected chi connectivity index (χ1v) is 7.62. The molecule has 126 valence electrons. The Bertz CT molecular complexity index is 891. The quantitative estimate of drug-likeness (QED) is 0.732. The van der Waals surface area contributed by atoms with E-state index >= 15 is 0 Å². The molecule has 3 aromatic rings. The third-order valence-electron chi connectivity index (χ3n) is 3.45. The lowest BCUT2D eigenvalue weighted by Gasteiger charge is -2.09. The summed E-state index contributed by atoms with van der Waals surface area (Å²) in [5.74, 6) is 0.0160. The highest BCUT2D eigenvalue weighted by Crippen LogP contribution is 2.14. The largest absolute Gasteiger partial charge is 0.343 e. The number of nitrogens with zero attached hydrogens (tertiary/aromatic N) is 4. The average molecular weight is 336 g/mol. The van der Waals surface area contributed by atoms with Gasteiger partial charge in [-0.2, -0.15) is 4.68 Å². The van der Waals surface area contributed by atoms with E-state index in [-0.39, 0.29) is 18.4 Å². The van der Waals surface area contributed by atoms with Gasteiger partial charge in [-0.15, -0.1) is 5.10 Å². The van der Waals surface area contributed by atoms with Crippen molar-refractivity contribution in [2.24, 2.45) is 0 Å². The smallest absolute Gasteiger partial charge is 0.251 e. The highest BCUT2D eigenvalue weighted by molar-refractivity contribution is 5.99. The normalized spacial score (nSPS) is 10.3. The molecule has 2 amide bonds. The molecule has 3 rings (SSSR count). The van der Waals surface area contributed by atoms with E-state index in [0.29, 0.717) is 17.1 Å². The molecule has 0 saturated heterocycles. The fourth-order valence-corrected chi connectivity index (χ4v) is 2.24. The van der Waals surface area contributed by atoms with Crippen LogP contribution in [-0.2, 0) is 4.79 Å². The fourth-order valence-electron chi connectivity index (χ4n) is 2.24. The summed E-state index contributed by atoms with van der Waals surface area (Å²) in [6.45, 7) is 1.66. The van der Waals surface area contributed by atoms with Gasteiger partial charge in [0.1, 0.15) is 0 Å². The minimum Gasteiger partial charge on any atom is -0.343 e. The van der Waals surface area contributed by atoms with E-state index in [2.05, 4.69) is 26.2 Å². The van der Waals surface area contributed by atoms with E-state index in [1.165, 1.54) is 0 Å². The molecule has 8 heteroatoms. The maximum atomic E-state index is 12.0. The summed E-state index contributed by atoms with van der Waals surface area (Å²) in [6.07, 6.45) is 0. The Labute approximate surface area is 143 Å². The number of benzene rings is 2.